The second kappa shape index (κ2) is 6.70. The predicted molar refractivity (Wildman–Crippen MR) is 68.7 cm³/mol. The van der Waals surface area contributed by atoms with Crippen molar-refractivity contribution in [3.63, 3.8) is 0 Å². The van der Waals surface area contributed by atoms with Crippen molar-refractivity contribution in [2.45, 2.75) is 19.1 Å². The predicted octanol–water partition coefficient (Wildman–Crippen LogP) is 2.94. The van der Waals surface area contributed by atoms with Crippen molar-refractivity contribution in [2.24, 2.45) is 5.92 Å². The summed E-state index contributed by atoms with van der Waals surface area (Å²) in [5.74, 6) is -1.13. The lowest BCUT2D eigenvalue weighted by atomic mass is 10.1. The van der Waals surface area contributed by atoms with Crippen LogP contribution in [-0.2, 0) is 6.54 Å². The van der Waals surface area contributed by atoms with Crippen LogP contribution in [0.4, 0.5) is 22.0 Å². The third-order valence-corrected chi connectivity index (χ3v) is 3.54. The van der Waals surface area contributed by atoms with Gasteiger partial charge in [0.15, 0.2) is 0 Å². The van der Waals surface area contributed by atoms with Crippen molar-refractivity contribution in [1.82, 2.24) is 10.2 Å². The Labute approximate surface area is 119 Å². The molecule has 0 unspecified atom stereocenters. The molecule has 1 aliphatic heterocycles. The molecule has 0 amide bonds. The van der Waals surface area contributed by atoms with Crippen LogP contribution >= 0.6 is 0 Å². The van der Waals surface area contributed by atoms with Crippen LogP contribution in [0.25, 0.3) is 0 Å². The van der Waals surface area contributed by atoms with E-state index in [1.54, 1.807) is 0 Å². The number of hydrogen-bond donors (Lipinski definition) is 1. The SMILES string of the molecule is Fc1ccc(CNC[C@@H]2CCN(CC(F)(F)F)C2)c(F)c1. The zero-order valence-electron chi connectivity index (χ0n) is 11.4. The van der Waals surface area contributed by atoms with Gasteiger partial charge in [0.1, 0.15) is 11.6 Å². The number of nitrogens with zero attached hydrogens (tertiary/aromatic N) is 1. The molecule has 7 heteroatoms. The van der Waals surface area contributed by atoms with E-state index < -0.39 is 24.4 Å². The normalized spacial score (nSPS) is 20.1. The van der Waals surface area contributed by atoms with E-state index in [1.807, 2.05) is 0 Å². The summed E-state index contributed by atoms with van der Waals surface area (Å²) in [5, 5.41) is 3.02. The maximum atomic E-state index is 13.4. The molecule has 0 saturated carbocycles. The van der Waals surface area contributed by atoms with Crippen LogP contribution < -0.4 is 5.32 Å². The van der Waals surface area contributed by atoms with E-state index >= 15 is 0 Å². The average Bonchev–Trinajstić information content (AvgIpc) is 2.77. The van der Waals surface area contributed by atoms with Crippen LogP contribution in [0.2, 0.25) is 0 Å². The van der Waals surface area contributed by atoms with Crippen molar-refractivity contribution >= 4 is 0 Å². The Kier molecular flexibility index (Phi) is 5.16. The molecule has 0 aliphatic carbocycles. The van der Waals surface area contributed by atoms with Crippen molar-refractivity contribution in [1.29, 1.82) is 0 Å². The number of halogens is 5. The second-order valence-corrected chi connectivity index (χ2v) is 5.37. The summed E-state index contributed by atoms with van der Waals surface area (Å²) in [5.41, 5.74) is 0.349. The van der Waals surface area contributed by atoms with Gasteiger partial charge in [-0.1, -0.05) is 6.07 Å². The molecular weight excluding hydrogens is 291 g/mol. The number of alkyl halides is 3. The minimum absolute atomic E-state index is 0.121. The van der Waals surface area contributed by atoms with E-state index in [9.17, 15) is 22.0 Å². The van der Waals surface area contributed by atoms with Crippen molar-refractivity contribution in [3.8, 4) is 0 Å². The highest BCUT2D eigenvalue weighted by Crippen LogP contribution is 2.22. The van der Waals surface area contributed by atoms with Gasteiger partial charge in [-0.3, -0.25) is 4.90 Å². The zero-order valence-corrected chi connectivity index (χ0v) is 11.4. The van der Waals surface area contributed by atoms with E-state index in [-0.39, 0.29) is 12.5 Å². The third kappa shape index (κ3) is 5.24. The van der Waals surface area contributed by atoms with Crippen LogP contribution in [0.15, 0.2) is 18.2 Å². The smallest absolute Gasteiger partial charge is 0.312 e. The Morgan fingerprint density at radius 2 is 2.00 bits per heavy atom. The van der Waals surface area contributed by atoms with E-state index in [0.717, 1.165) is 6.07 Å². The van der Waals surface area contributed by atoms with E-state index in [2.05, 4.69) is 5.32 Å². The highest BCUT2D eigenvalue weighted by molar-refractivity contribution is 5.18. The number of rotatable bonds is 5. The van der Waals surface area contributed by atoms with Gasteiger partial charge in [0.05, 0.1) is 6.54 Å². The highest BCUT2D eigenvalue weighted by Gasteiger charge is 2.34. The minimum Gasteiger partial charge on any atom is -0.312 e. The largest absolute Gasteiger partial charge is 0.401 e. The Morgan fingerprint density at radius 1 is 1.24 bits per heavy atom. The first-order valence-corrected chi connectivity index (χ1v) is 6.77. The molecule has 1 atom stereocenters. The molecule has 2 nitrogen and oxygen atoms in total. The summed E-state index contributed by atoms with van der Waals surface area (Å²) in [6, 6.07) is 3.36. The number of benzene rings is 1. The molecule has 2 rings (SSSR count). The van der Waals surface area contributed by atoms with E-state index in [1.165, 1.54) is 17.0 Å². The Morgan fingerprint density at radius 3 is 2.67 bits per heavy atom. The molecule has 0 spiro atoms. The Balaban J connectivity index is 1.72. The number of hydrogen-bond acceptors (Lipinski definition) is 2. The first-order chi connectivity index (χ1) is 9.83. The van der Waals surface area contributed by atoms with Crippen molar-refractivity contribution in [3.05, 3.63) is 35.4 Å². The molecule has 0 radical (unpaired) electrons. The average molecular weight is 308 g/mol. The molecule has 21 heavy (non-hydrogen) atoms. The molecule has 1 saturated heterocycles. The number of nitrogens with one attached hydrogen (secondary N) is 1. The monoisotopic (exact) mass is 308 g/mol. The molecule has 1 aliphatic rings. The third-order valence-electron chi connectivity index (χ3n) is 3.54. The number of likely N-dealkylation sites (tertiary alicyclic amines) is 1. The summed E-state index contributed by atoms with van der Waals surface area (Å²) in [7, 11) is 0. The van der Waals surface area contributed by atoms with Gasteiger partial charge in [-0.2, -0.15) is 13.2 Å². The zero-order chi connectivity index (χ0) is 15.5. The molecule has 0 aromatic heterocycles. The standard InChI is InChI=1S/C14H17F5N2/c15-12-2-1-11(13(16)5-12)7-20-6-10-3-4-21(8-10)9-14(17,18)19/h1-2,5,10,20H,3-4,6-9H2/t10-/m0/s1. The maximum Gasteiger partial charge on any atom is 0.401 e. The van der Waals surface area contributed by atoms with Crippen LogP contribution in [-0.4, -0.2) is 37.3 Å². The van der Waals surface area contributed by atoms with Gasteiger partial charge in [-0.25, -0.2) is 8.78 Å². The summed E-state index contributed by atoms with van der Waals surface area (Å²) >= 11 is 0. The maximum absolute atomic E-state index is 13.4. The van der Waals surface area contributed by atoms with Crippen molar-refractivity contribution in [2.75, 3.05) is 26.2 Å². The summed E-state index contributed by atoms with van der Waals surface area (Å²) in [4.78, 5) is 1.38. The molecule has 1 aromatic rings. The lowest BCUT2D eigenvalue weighted by molar-refractivity contribution is -0.143. The molecule has 1 aromatic carbocycles. The molecular formula is C14H17F5N2. The quantitative estimate of drug-likeness (QED) is 0.842. The van der Waals surface area contributed by atoms with Gasteiger partial charge in [0.25, 0.3) is 0 Å². The van der Waals surface area contributed by atoms with E-state index in [0.29, 0.717) is 31.6 Å². The summed E-state index contributed by atoms with van der Waals surface area (Å²) < 4.78 is 62.9. The van der Waals surface area contributed by atoms with Gasteiger partial charge in [0, 0.05) is 24.7 Å². The Bertz CT molecular complexity index is 475. The lowest BCUT2D eigenvalue weighted by Crippen LogP contribution is -2.33. The lowest BCUT2D eigenvalue weighted by Gasteiger charge is -2.18. The Hall–Kier alpha value is -1.21. The molecule has 118 valence electrons. The van der Waals surface area contributed by atoms with Gasteiger partial charge in [0.2, 0.25) is 0 Å². The summed E-state index contributed by atoms with van der Waals surface area (Å²) in [6.07, 6.45) is -3.48. The molecule has 1 fully saturated rings. The van der Waals surface area contributed by atoms with Gasteiger partial charge < -0.3 is 5.32 Å². The fourth-order valence-corrected chi connectivity index (χ4v) is 2.55. The van der Waals surface area contributed by atoms with Crippen LogP contribution in [0.1, 0.15) is 12.0 Å². The van der Waals surface area contributed by atoms with Crippen LogP contribution in [0, 0.1) is 17.6 Å². The van der Waals surface area contributed by atoms with Gasteiger partial charge >= 0.3 is 6.18 Å². The fraction of sp³-hybridized carbons (Fsp3) is 0.571. The second-order valence-electron chi connectivity index (χ2n) is 5.37. The van der Waals surface area contributed by atoms with Crippen LogP contribution in [0.3, 0.4) is 0 Å². The first-order valence-electron chi connectivity index (χ1n) is 6.77. The minimum atomic E-state index is -4.17. The molecule has 0 bridgehead atoms. The van der Waals surface area contributed by atoms with Gasteiger partial charge in [-0.05, 0) is 31.5 Å². The molecule has 1 N–H and O–H groups in total. The summed E-state index contributed by atoms with van der Waals surface area (Å²) in [6.45, 7) is 0.693. The van der Waals surface area contributed by atoms with Crippen molar-refractivity contribution < 1.29 is 22.0 Å². The van der Waals surface area contributed by atoms with E-state index in [4.69, 9.17) is 0 Å². The first kappa shape index (κ1) is 16.2. The molecule has 1 heterocycles. The van der Waals surface area contributed by atoms with Gasteiger partial charge in [-0.15, -0.1) is 0 Å². The fourth-order valence-electron chi connectivity index (χ4n) is 2.55. The van der Waals surface area contributed by atoms with Crippen LogP contribution in [0.5, 0.6) is 0 Å². The highest BCUT2D eigenvalue weighted by atomic mass is 19.4. The topological polar surface area (TPSA) is 15.3 Å².